The molecule has 5 heteroatoms. The van der Waals surface area contributed by atoms with Crippen LogP contribution in [0.15, 0.2) is 42.6 Å². The third-order valence-electron chi connectivity index (χ3n) is 2.46. The summed E-state index contributed by atoms with van der Waals surface area (Å²) in [6.07, 6.45) is 1.47. The van der Waals surface area contributed by atoms with Crippen LogP contribution in [0.1, 0.15) is 15.9 Å². The maximum atomic E-state index is 12.0. The van der Waals surface area contributed by atoms with Crippen LogP contribution < -0.4 is 10.1 Å². The quantitative estimate of drug-likeness (QED) is 0.910. The molecule has 1 aromatic carbocycles. The van der Waals surface area contributed by atoms with Gasteiger partial charge in [-0.3, -0.25) is 4.79 Å². The van der Waals surface area contributed by atoms with E-state index in [1.807, 2.05) is 6.07 Å². The standard InChI is InChI=1S/C14H11N3O2/c1-19-12-4-2-3-11(8-12)14(18)17-13-7-10(9-15)5-6-16-13/h2-8H,1H3,(H,16,17,18). The van der Waals surface area contributed by atoms with Crippen molar-refractivity contribution >= 4 is 11.7 Å². The van der Waals surface area contributed by atoms with Crippen molar-refractivity contribution in [3.8, 4) is 11.8 Å². The number of nitriles is 1. The van der Waals surface area contributed by atoms with Crippen LogP contribution in [0.25, 0.3) is 0 Å². The van der Waals surface area contributed by atoms with Gasteiger partial charge in [-0.1, -0.05) is 6.07 Å². The Bertz CT molecular complexity index is 647. The van der Waals surface area contributed by atoms with Gasteiger partial charge in [0.05, 0.1) is 18.7 Å². The number of anilines is 1. The molecule has 0 atom stereocenters. The summed E-state index contributed by atoms with van der Waals surface area (Å²) in [5.74, 6) is 0.639. The highest BCUT2D eigenvalue weighted by Gasteiger charge is 2.08. The second kappa shape index (κ2) is 5.65. The zero-order valence-electron chi connectivity index (χ0n) is 10.3. The number of hydrogen-bond donors (Lipinski definition) is 1. The van der Waals surface area contributed by atoms with Crippen molar-refractivity contribution in [3.05, 3.63) is 53.7 Å². The Hall–Kier alpha value is -2.87. The first kappa shape index (κ1) is 12.6. The van der Waals surface area contributed by atoms with E-state index in [1.165, 1.54) is 19.4 Å². The summed E-state index contributed by atoms with van der Waals surface area (Å²) in [6.45, 7) is 0. The monoisotopic (exact) mass is 253 g/mol. The minimum absolute atomic E-state index is 0.304. The Kier molecular flexibility index (Phi) is 3.74. The van der Waals surface area contributed by atoms with Crippen LogP contribution in [-0.2, 0) is 0 Å². The maximum absolute atomic E-state index is 12.0. The van der Waals surface area contributed by atoms with E-state index >= 15 is 0 Å². The summed E-state index contributed by atoms with van der Waals surface area (Å²) in [6, 6.07) is 11.9. The van der Waals surface area contributed by atoms with Crippen molar-refractivity contribution in [1.29, 1.82) is 5.26 Å². The van der Waals surface area contributed by atoms with Crippen LogP contribution in [0.4, 0.5) is 5.82 Å². The van der Waals surface area contributed by atoms with Gasteiger partial charge in [-0.2, -0.15) is 5.26 Å². The van der Waals surface area contributed by atoms with Gasteiger partial charge >= 0.3 is 0 Å². The Balaban J connectivity index is 2.18. The van der Waals surface area contributed by atoms with Crippen LogP contribution >= 0.6 is 0 Å². The van der Waals surface area contributed by atoms with E-state index in [0.717, 1.165) is 0 Å². The summed E-state index contributed by atoms with van der Waals surface area (Å²) in [7, 11) is 1.54. The lowest BCUT2D eigenvalue weighted by Crippen LogP contribution is -2.13. The normalized spacial score (nSPS) is 9.47. The average molecular weight is 253 g/mol. The predicted octanol–water partition coefficient (Wildman–Crippen LogP) is 2.21. The van der Waals surface area contributed by atoms with Crippen LogP contribution in [-0.4, -0.2) is 18.0 Å². The number of amides is 1. The molecule has 0 fully saturated rings. The Labute approximate surface area is 110 Å². The molecule has 94 valence electrons. The zero-order chi connectivity index (χ0) is 13.7. The van der Waals surface area contributed by atoms with Crippen molar-refractivity contribution in [2.45, 2.75) is 0 Å². The number of carbonyl (C=O) groups is 1. The molecule has 0 aliphatic heterocycles. The minimum atomic E-state index is -0.304. The molecule has 19 heavy (non-hydrogen) atoms. The lowest BCUT2D eigenvalue weighted by molar-refractivity contribution is 0.102. The minimum Gasteiger partial charge on any atom is -0.497 e. The highest BCUT2D eigenvalue weighted by atomic mass is 16.5. The van der Waals surface area contributed by atoms with Crippen molar-refractivity contribution < 1.29 is 9.53 Å². The van der Waals surface area contributed by atoms with E-state index in [0.29, 0.717) is 22.7 Å². The second-order valence-electron chi connectivity index (χ2n) is 3.73. The first-order valence-corrected chi connectivity index (χ1v) is 5.54. The van der Waals surface area contributed by atoms with E-state index < -0.39 is 0 Å². The Morgan fingerprint density at radius 3 is 2.95 bits per heavy atom. The van der Waals surface area contributed by atoms with E-state index in [4.69, 9.17) is 10.00 Å². The summed E-state index contributed by atoms with van der Waals surface area (Å²) >= 11 is 0. The number of ether oxygens (including phenoxy) is 1. The molecule has 0 radical (unpaired) electrons. The fraction of sp³-hybridized carbons (Fsp3) is 0.0714. The Morgan fingerprint density at radius 2 is 2.21 bits per heavy atom. The third kappa shape index (κ3) is 3.07. The maximum Gasteiger partial charge on any atom is 0.256 e. The summed E-state index contributed by atoms with van der Waals surface area (Å²) < 4.78 is 5.05. The van der Waals surface area contributed by atoms with Gasteiger partial charge in [0.25, 0.3) is 5.91 Å². The number of methoxy groups -OCH3 is 1. The first-order chi connectivity index (χ1) is 9.22. The molecular formula is C14H11N3O2. The summed E-state index contributed by atoms with van der Waals surface area (Å²) in [4.78, 5) is 16.0. The molecule has 0 aliphatic carbocycles. The number of pyridine rings is 1. The van der Waals surface area contributed by atoms with Gasteiger partial charge < -0.3 is 10.1 Å². The smallest absolute Gasteiger partial charge is 0.256 e. The number of nitrogens with zero attached hydrogens (tertiary/aromatic N) is 2. The van der Waals surface area contributed by atoms with Crippen molar-refractivity contribution in [1.82, 2.24) is 4.98 Å². The molecule has 0 saturated carbocycles. The number of carbonyl (C=O) groups excluding carboxylic acids is 1. The van der Waals surface area contributed by atoms with Gasteiger partial charge in [-0.05, 0) is 30.3 Å². The molecule has 1 aromatic heterocycles. The van der Waals surface area contributed by atoms with Crippen LogP contribution in [0, 0.1) is 11.3 Å². The lowest BCUT2D eigenvalue weighted by atomic mass is 10.2. The van der Waals surface area contributed by atoms with Gasteiger partial charge in [0, 0.05) is 11.8 Å². The lowest BCUT2D eigenvalue weighted by Gasteiger charge is -2.06. The second-order valence-corrected chi connectivity index (χ2v) is 3.73. The average Bonchev–Trinajstić information content (AvgIpc) is 2.47. The summed E-state index contributed by atoms with van der Waals surface area (Å²) in [5.41, 5.74) is 0.902. The molecule has 0 spiro atoms. The highest BCUT2D eigenvalue weighted by Crippen LogP contribution is 2.14. The van der Waals surface area contributed by atoms with E-state index in [9.17, 15) is 4.79 Å². The van der Waals surface area contributed by atoms with E-state index in [2.05, 4.69) is 10.3 Å². The van der Waals surface area contributed by atoms with Gasteiger partial charge in [0.2, 0.25) is 0 Å². The van der Waals surface area contributed by atoms with Crippen LogP contribution in [0.5, 0.6) is 5.75 Å². The molecule has 1 N–H and O–H groups in total. The molecule has 0 aliphatic rings. The summed E-state index contributed by atoms with van der Waals surface area (Å²) in [5, 5.41) is 11.4. The highest BCUT2D eigenvalue weighted by molar-refractivity contribution is 6.04. The first-order valence-electron chi connectivity index (χ1n) is 5.54. The molecule has 2 aromatic rings. The van der Waals surface area contributed by atoms with Gasteiger partial charge in [0.1, 0.15) is 11.6 Å². The Morgan fingerprint density at radius 1 is 1.37 bits per heavy atom. The molecule has 1 amide bonds. The van der Waals surface area contributed by atoms with Gasteiger partial charge in [-0.25, -0.2) is 4.98 Å². The van der Waals surface area contributed by atoms with Gasteiger partial charge in [0.15, 0.2) is 0 Å². The van der Waals surface area contributed by atoms with Crippen LogP contribution in [0.2, 0.25) is 0 Å². The SMILES string of the molecule is COc1cccc(C(=O)Nc2cc(C#N)ccn2)c1. The molecule has 0 saturated heterocycles. The van der Waals surface area contributed by atoms with Crippen molar-refractivity contribution in [2.24, 2.45) is 0 Å². The van der Waals surface area contributed by atoms with Crippen molar-refractivity contribution in [2.75, 3.05) is 12.4 Å². The van der Waals surface area contributed by atoms with E-state index in [1.54, 1.807) is 30.3 Å². The number of nitrogens with one attached hydrogen (secondary N) is 1. The number of hydrogen-bond acceptors (Lipinski definition) is 4. The third-order valence-corrected chi connectivity index (χ3v) is 2.46. The predicted molar refractivity (Wildman–Crippen MR) is 69.9 cm³/mol. The molecule has 5 nitrogen and oxygen atoms in total. The van der Waals surface area contributed by atoms with E-state index in [-0.39, 0.29) is 5.91 Å². The molecule has 0 unspecified atom stereocenters. The topological polar surface area (TPSA) is 75.0 Å². The van der Waals surface area contributed by atoms with Crippen molar-refractivity contribution in [3.63, 3.8) is 0 Å². The van der Waals surface area contributed by atoms with Crippen LogP contribution in [0.3, 0.4) is 0 Å². The number of benzene rings is 1. The molecule has 2 rings (SSSR count). The molecule has 1 heterocycles. The zero-order valence-corrected chi connectivity index (χ0v) is 10.3. The number of aromatic nitrogens is 1. The fourth-order valence-corrected chi connectivity index (χ4v) is 1.52. The van der Waals surface area contributed by atoms with Gasteiger partial charge in [-0.15, -0.1) is 0 Å². The molecular weight excluding hydrogens is 242 g/mol. The fourth-order valence-electron chi connectivity index (χ4n) is 1.52. The largest absolute Gasteiger partial charge is 0.497 e. The number of rotatable bonds is 3. The molecule has 0 bridgehead atoms.